The van der Waals surface area contributed by atoms with E-state index in [1.807, 2.05) is 48.8 Å². The maximum absolute atomic E-state index is 5.71. The summed E-state index contributed by atoms with van der Waals surface area (Å²) >= 11 is 0. The van der Waals surface area contributed by atoms with Crippen molar-refractivity contribution < 1.29 is 0 Å². The molecule has 1 atom stereocenters. The Bertz CT molecular complexity index is 677. The second-order valence-electron chi connectivity index (χ2n) is 4.30. The number of aromatic nitrogens is 2. The van der Waals surface area contributed by atoms with Gasteiger partial charge in [0.15, 0.2) is 0 Å². The van der Waals surface area contributed by atoms with E-state index in [0.717, 1.165) is 22.0 Å². The number of nitrogens with one attached hydrogen (secondary N) is 1. The maximum atomic E-state index is 5.71. The molecule has 1 unspecified atom stereocenters. The van der Waals surface area contributed by atoms with Crippen molar-refractivity contribution in [3.63, 3.8) is 0 Å². The van der Waals surface area contributed by atoms with E-state index in [1.54, 1.807) is 6.20 Å². The summed E-state index contributed by atoms with van der Waals surface area (Å²) in [5, 5.41) is 2.22. The van der Waals surface area contributed by atoms with Crippen molar-refractivity contribution in [1.29, 1.82) is 0 Å². The van der Waals surface area contributed by atoms with E-state index in [2.05, 4.69) is 21.5 Å². The standard InChI is InChI=1S/C15H14N4/c16-19-15(14-7-3-4-8-18-14)13-10-17-9-11-5-1-2-6-12(11)13/h1-10,15,19H,16H2. The molecule has 0 aliphatic rings. The molecule has 4 heteroatoms. The highest BCUT2D eigenvalue weighted by atomic mass is 15.2. The van der Waals surface area contributed by atoms with Gasteiger partial charge >= 0.3 is 0 Å². The lowest BCUT2D eigenvalue weighted by atomic mass is 9.99. The molecule has 3 rings (SSSR count). The summed E-state index contributed by atoms with van der Waals surface area (Å²) in [4.78, 5) is 8.65. The Kier molecular flexibility index (Phi) is 3.18. The number of hydrogen-bond donors (Lipinski definition) is 2. The molecule has 19 heavy (non-hydrogen) atoms. The molecule has 0 aliphatic carbocycles. The zero-order chi connectivity index (χ0) is 13.1. The SMILES string of the molecule is NNC(c1ccccn1)c1cncc2ccccc12. The second-order valence-corrected chi connectivity index (χ2v) is 4.30. The minimum atomic E-state index is -0.167. The van der Waals surface area contributed by atoms with Gasteiger partial charge in [-0.2, -0.15) is 0 Å². The lowest BCUT2D eigenvalue weighted by Crippen LogP contribution is -2.29. The summed E-state index contributed by atoms with van der Waals surface area (Å²) in [6, 6.07) is 13.7. The molecule has 94 valence electrons. The normalized spacial score (nSPS) is 12.5. The fourth-order valence-corrected chi connectivity index (χ4v) is 2.25. The van der Waals surface area contributed by atoms with Crippen molar-refractivity contribution in [2.75, 3.05) is 0 Å². The molecule has 0 radical (unpaired) electrons. The summed E-state index contributed by atoms with van der Waals surface area (Å²) in [6.07, 6.45) is 5.45. The molecular weight excluding hydrogens is 236 g/mol. The third-order valence-electron chi connectivity index (χ3n) is 3.16. The zero-order valence-electron chi connectivity index (χ0n) is 10.3. The molecule has 3 aromatic rings. The van der Waals surface area contributed by atoms with Crippen LogP contribution in [0.4, 0.5) is 0 Å². The third kappa shape index (κ3) is 2.19. The van der Waals surface area contributed by atoms with Crippen LogP contribution in [0.5, 0.6) is 0 Å². The van der Waals surface area contributed by atoms with Crippen LogP contribution in [0.1, 0.15) is 17.3 Å². The van der Waals surface area contributed by atoms with Crippen LogP contribution in [0.2, 0.25) is 0 Å². The van der Waals surface area contributed by atoms with Crippen LogP contribution in [0.15, 0.2) is 61.1 Å². The van der Waals surface area contributed by atoms with E-state index in [4.69, 9.17) is 5.84 Å². The van der Waals surface area contributed by atoms with Crippen molar-refractivity contribution in [3.8, 4) is 0 Å². The van der Waals surface area contributed by atoms with E-state index in [0.29, 0.717) is 0 Å². The first-order valence-corrected chi connectivity index (χ1v) is 6.10. The van der Waals surface area contributed by atoms with Gasteiger partial charge < -0.3 is 0 Å². The number of hydrazine groups is 1. The van der Waals surface area contributed by atoms with Crippen LogP contribution in [0, 0.1) is 0 Å². The first-order chi connectivity index (χ1) is 9.40. The highest BCUT2D eigenvalue weighted by Crippen LogP contribution is 2.26. The van der Waals surface area contributed by atoms with Crippen LogP contribution in [-0.4, -0.2) is 9.97 Å². The summed E-state index contributed by atoms with van der Waals surface area (Å²) in [6.45, 7) is 0. The number of hydrogen-bond acceptors (Lipinski definition) is 4. The molecule has 2 heterocycles. The average molecular weight is 250 g/mol. The Labute approximate surface area is 111 Å². The minimum absolute atomic E-state index is 0.167. The molecule has 4 nitrogen and oxygen atoms in total. The summed E-state index contributed by atoms with van der Waals surface area (Å²) < 4.78 is 0. The first kappa shape index (κ1) is 11.8. The van der Waals surface area contributed by atoms with Crippen molar-refractivity contribution in [3.05, 3.63) is 72.3 Å². The van der Waals surface area contributed by atoms with Crippen LogP contribution >= 0.6 is 0 Å². The Hall–Kier alpha value is -2.30. The quantitative estimate of drug-likeness (QED) is 0.552. The average Bonchev–Trinajstić information content (AvgIpc) is 2.49. The van der Waals surface area contributed by atoms with E-state index in [9.17, 15) is 0 Å². The maximum Gasteiger partial charge on any atom is 0.0902 e. The number of benzene rings is 1. The Morgan fingerprint density at radius 2 is 1.84 bits per heavy atom. The van der Waals surface area contributed by atoms with Gasteiger partial charge in [0.1, 0.15) is 0 Å². The molecule has 0 fully saturated rings. The van der Waals surface area contributed by atoms with E-state index >= 15 is 0 Å². The van der Waals surface area contributed by atoms with Gasteiger partial charge in [-0.3, -0.25) is 15.8 Å². The van der Waals surface area contributed by atoms with Crippen LogP contribution in [0.25, 0.3) is 10.8 Å². The lowest BCUT2D eigenvalue weighted by molar-refractivity contribution is 0.623. The topological polar surface area (TPSA) is 63.8 Å². The number of pyridine rings is 2. The van der Waals surface area contributed by atoms with Gasteiger partial charge in [-0.25, -0.2) is 5.43 Å². The molecule has 3 N–H and O–H groups in total. The molecule has 0 saturated heterocycles. The minimum Gasteiger partial charge on any atom is -0.271 e. The van der Waals surface area contributed by atoms with Gasteiger partial charge in [0.05, 0.1) is 11.7 Å². The number of rotatable bonds is 3. The first-order valence-electron chi connectivity index (χ1n) is 6.10. The molecule has 0 amide bonds. The van der Waals surface area contributed by atoms with Gasteiger partial charge in [0.2, 0.25) is 0 Å². The Morgan fingerprint density at radius 1 is 1.00 bits per heavy atom. The predicted molar refractivity (Wildman–Crippen MR) is 75.1 cm³/mol. The highest BCUT2D eigenvalue weighted by Gasteiger charge is 2.16. The van der Waals surface area contributed by atoms with E-state index < -0.39 is 0 Å². The fraction of sp³-hybridized carbons (Fsp3) is 0.0667. The largest absolute Gasteiger partial charge is 0.271 e. The van der Waals surface area contributed by atoms with Gasteiger partial charge in [-0.05, 0) is 17.5 Å². The van der Waals surface area contributed by atoms with Gasteiger partial charge in [0, 0.05) is 29.5 Å². The second kappa shape index (κ2) is 5.14. The van der Waals surface area contributed by atoms with Crippen molar-refractivity contribution in [2.24, 2.45) is 5.84 Å². The molecule has 0 saturated carbocycles. The fourth-order valence-electron chi connectivity index (χ4n) is 2.25. The van der Waals surface area contributed by atoms with E-state index in [1.165, 1.54) is 0 Å². The zero-order valence-corrected chi connectivity index (χ0v) is 10.3. The monoisotopic (exact) mass is 250 g/mol. The molecular formula is C15H14N4. The molecule has 0 bridgehead atoms. The third-order valence-corrected chi connectivity index (χ3v) is 3.16. The van der Waals surface area contributed by atoms with Crippen LogP contribution in [0.3, 0.4) is 0 Å². The molecule has 2 aromatic heterocycles. The summed E-state index contributed by atoms with van der Waals surface area (Å²) in [5.41, 5.74) is 4.73. The number of fused-ring (bicyclic) bond motifs is 1. The van der Waals surface area contributed by atoms with Gasteiger partial charge in [0.25, 0.3) is 0 Å². The van der Waals surface area contributed by atoms with Gasteiger partial charge in [-0.1, -0.05) is 30.3 Å². The summed E-state index contributed by atoms with van der Waals surface area (Å²) in [5.74, 6) is 5.71. The lowest BCUT2D eigenvalue weighted by Gasteiger charge is -2.17. The van der Waals surface area contributed by atoms with Crippen LogP contribution in [-0.2, 0) is 0 Å². The molecule has 0 aliphatic heterocycles. The van der Waals surface area contributed by atoms with Crippen molar-refractivity contribution >= 4 is 10.8 Å². The number of nitrogens with zero attached hydrogens (tertiary/aromatic N) is 2. The van der Waals surface area contributed by atoms with Crippen LogP contribution < -0.4 is 11.3 Å². The smallest absolute Gasteiger partial charge is 0.0902 e. The summed E-state index contributed by atoms with van der Waals surface area (Å²) in [7, 11) is 0. The van der Waals surface area contributed by atoms with Crippen molar-refractivity contribution in [1.82, 2.24) is 15.4 Å². The Balaban J connectivity index is 2.17. The number of nitrogens with two attached hydrogens (primary N) is 1. The predicted octanol–water partition coefficient (Wildman–Crippen LogP) is 2.18. The Morgan fingerprint density at radius 3 is 2.63 bits per heavy atom. The highest BCUT2D eigenvalue weighted by molar-refractivity contribution is 5.85. The van der Waals surface area contributed by atoms with Crippen molar-refractivity contribution in [2.45, 2.75) is 6.04 Å². The molecule has 1 aromatic carbocycles. The molecule has 0 spiro atoms. The van der Waals surface area contributed by atoms with E-state index in [-0.39, 0.29) is 6.04 Å². The van der Waals surface area contributed by atoms with Gasteiger partial charge in [-0.15, -0.1) is 0 Å².